The van der Waals surface area contributed by atoms with Crippen molar-refractivity contribution in [2.24, 2.45) is 0 Å². The fourth-order valence-electron chi connectivity index (χ4n) is 1.09. The van der Waals surface area contributed by atoms with Crippen LogP contribution in [0.2, 0.25) is 0 Å². The Hall–Kier alpha value is -0.120. The van der Waals surface area contributed by atoms with E-state index < -0.39 is 0 Å². The van der Waals surface area contributed by atoms with Crippen LogP contribution in [0.3, 0.4) is 0 Å². The predicted molar refractivity (Wildman–Crippen MR) is 63.0 cm³/mol. The molecule has 0 unspecified atom stereocenters. The minimum absolute atomic E-state index is 0. The fraction of sp³-hybridized carbons (Fsp3) is 0.500. The summed E-state index contributed by atoms with van der Waals surface area (Å²) in [7, 11) is 0. The quantitative estimate of drug-likeness (QED) is 0.772. The number of nitrogens with zero attached hydrogens (tertiary/aromatic N) is 1. The molecule has 0 spiro atoms. The highest BCUT2D eigenvalue weighted by atomic mass is 127. The zero-order valence-electron chi connectivity index (χ0n) is 7.71. The van der Waals surface area contributed by atoms with Crippen LogP contribution in [0.1, 0.15) is 31.0 Å². The van der Waals surface area contributed by atoms with Crippen molar-refractivity contribution in [3.05, 3.63) is 29.6 Å². The van der Waals surface area contributed by atoms with Crippen molar-refractivity contribution in [1.29, 1.82) is 0 Å². The monoisotopic (exact) mass is 277 g/mol. The number of aryl methyl sites for hydroxylation is 2. The summed E-state index contributed by atoms with van der Waals surface area (Å²) < 4.78 is 0. The lowest BCUT2D eigenvalue weighted by molar-refractivity contribution is 0.776. The molecule has 0 aliphatic carbocycles. The molecule has 1 nitrogen and oxygen atoms in total. The molecule has 1 rings (SSSR count). The number of unbranched alkanes of at least 4 members (excludes halogenated alkanes) is 1. The van der Waals surface area contributed by atoms with E-state index in [1.54, 1.807) is 0 Å². The molecule has 0 fully saturated rings. The molecule has 0 bridgehead atoms. The van der Waals surface area contributed by atoms with Gasteiger partial charge in [0.2, 0.25) is 0 Å². The maximum absolute atomic E-state index is 4.28. The lowest BCUT2D eigenvalue weighted by atomic mass is 10.1. The lowest BCUT2D eigenvalue weighted by Crippen LogP contribution is -1.89. The highest BCUT2D eigenvalue weighted by molar-refractivity contribution is 14.0. The standard InChI is InChI=1S/C10H15N.HI/c1-3-4-5-10-8-9(2)6-7-11-10;/h6-8H,3-5H2,1-2H3;1H. The third-order valence-electron chi connectivity index (χ3n) is 1.76. The van der Waals surface area contributed by atoms with Gasteiger partial charge in [0.1, 0.15) is 0 Å². The van der Waals surface area contributed by atoms with Gasteiger partial charge < -0.3 is 0 Å². The van der Waals surface area contributed by atoms with Crippen LogP contribution in [-0.4, -0.2) is 4.98 Å². The Labute approximate surface area is 91.6 Å². The Balaban J connectivity index is 0.00000121. The second kappa shape index (κ2) is 6.40. The summed E-state index contributed by atoms with van der Waals surface area (Å²) in [5.41, 5.74) is 2.54. The number of pyridine rings is 1. The van der Waals surface area contributed by atoms with E-state index >= 15 is 0 Å². The first-order chi connectivity index (χ1) is 5.33. The minimum atomic E-state index is 0. The van der Waals surface area contributed by atoms with Gasteiger partial charge in [0, 0.05) is 11.9 Å². The van der Waals surface area contributed by atoms with E-state index in [0.717, 1.165) is 6.42 Å². The van der Waals surface area contributed by atoms with Crippen LogP contribution >= 0.6 is 24.0 Å². The van der Waals surface area contributed by atoms with Gasteiger partial charge in [-0.1, -0.05) is 13.3 Å². The summed E-state index contributed by atoms with van der Waals surface area (Å²) in [6.07, 6.45) is 5.50. The molecule has 1 aromatic heterocycles. The number of rotatable bonds is 3. The van der Waals surface area contributed by atoms with Crippen LogP contribution in [-0.2, 0) is 6.42 Å². The minimum Gasteiger partial charge on any atom is -0.261 e. The smallest absolute Gasteiger partial charge is 0.0406 e. The van der Waals surface area contributed by atoms with Gasteiger partial charge in [-0.2, -0.15) is 0 Å². The molecule has 2 heteroatoms. The number of halogens is 1. The zero-order valence-corrected chi connectivity index (χ0v) is 10.0. The van der Waals surface area contributed by atoms with E-state index in [1.165, 1.54) is 24.1 Å². The molecule has 1 heterocycles. The molecule has 0 radical (unpaired) electrons. The second-order valence-corrected chi connectivity index (χ2v) is 2.93. The average molecular weight is 277 g/mol. The molecule has 12 heavy (non-hydrogen) atoms. The van der Waals surface area contributed by atoms with Crippen molar-refractivity contribution >= 4 is 24.0 Å². The van der Waals surface area contributed by atoms with Gasteiger partial charge in [0.15, 0.2) is 0 Å². The maximum Gasteiger partial charge on any atom is 0.0406 e. The molecule has 68 valence electrons. The van der Waals surface area contributed by atoms with Gasteiger partial charge in [0.05, 0.1) is 0 Å². The number of aromatic nitrogens is 1. The molecule has 0 N–H and O–H groups in total. The van der Waals surface area contributed by atoms with Crippen LogP contribution in [0, 0.1) is 6.92 Å². The van der Waals surface area contributed by atoms with Gasteiger partial charge in [-0.3, -0.25) is 4.98 Å². The summed E-state index contributed by atoms with van der Waals surface area (Å²) >= 11 is 0. The van der Waals surface area contributed by atoms with Crippen LogP contribution < -0.4 is 0 Å². The Morgan fingerprint density at radius 3 is 2.75 bits per heavy atom. The number of hydrogen-bond donors (Lipinski definition) is 0. The zero-order chi connectivity index (χ0) is 8.10. The van der Waals surface area contributed by atoms with Crippen molar-refractivity contribution in [1.82, 2.24) is 4.98 Å². The normalized spacial score (nSPS) is 9.17. The highest BCUT2D eigenvalue weighted by Crippen LogP contribution is 2.03. The lowest BCUT2D eigenvalue weighted by Gasteiger charge is -1.98. The van der Waals surface area contributed by atoms with E-state index in [4.69, 9.17) is 0 Å². The van der Waals surface area contributed by atoms with Crippen LogP contribution in [0.15, 0.2) is 18.3 Å². The van der Waals surface area contributed by atoms with E-state index in [0.29, 0.717) is 0 Å². The Morgan fingerprint density at radius 2 is 2.17 bits per heavy atom. The summed E-state index contributed by atoms with van der Waals surface area (Å²) in [6, 6.07) is 4.20. The largest absolute Gasteiger partial charge is 0.261 e. The van der Waals surface area contributed by atoms with Crippen LogP contribution in [0.4, 0.5) is 0 Å². The maximum atomic E-state index is 4.28. The first kappa shape index (κ1) is 11.9. The van der Waals surface area contributed by atoms with Gasteiger partial charge in [-0.15, -0.1) is 24.0 Å². The molecule has 0 saturated heterocycles. The number of hydrogen-bond acceptors (Lipinski definition) is 1. The molecule has 0 aliphatic heterocycles. The van der Waals surface area contributed by atoms with Crippen molar-refractivity contribution in [3.63, 3.8) is 0 Å². The second-order valence-electron chi connectivity index (χ2n) is 2.93. The van der Waals surface area contributed by atoms with Crippen LogP contribution in [0.25, 0.3) is 0 Å². The first-order valence-corrected chi connectivity index (χ1v) is 4.24. The average Bonchev–Trinajstić information content (AvgIpc) is 2.01. The van der Waals surface area contributed by atoms with Crippen molar-refractivity contribution < 1.29 is 0 Å². The third-order valence-corrected chi connectivity index (χ3v) is 1.76. The molecule has 0 amide bonds. The summed E-state index contributed by atoms with van der Waals surface area (Å²) in [6.45, 7) is 4.31. The predicted octanol–water partition coefficient (Wildman–Crippen LogP) is 3.35. The van der Waals surface area contributed by atoms with Gasteiger partial charge >= 0.3 is 0 Å². The summed E-state index contributed by atoms with van der Waals surface area (Å²) in [4.78, 5) is 4.28. The highest BCUT2D eigenvalue weighted by Gasteiger charge is 1.92. The summed E-state index contributed by atoms with van der Waals surface area (Å²) in [5.74, 6) is 0. The van der Waals surface area contributed by atoms with E-state index in [-0.39, 0.29) is 24.0 Å². The fourth-order valence-corrected chi connectivity index (χ4v) is 1.09. The topological polar surface area (TPSA) is 12.9 Å². The molecule has 0 saturated carbocycles. The first-order valence-electron chi connectivity index (χ1n) is 4.24. The van der Waals surface area contributed by atoms with Crippen LogP contribution in [0.5, 0.6) is 0 Å². The molecular formula is C10H16IN. The van der Waals surface area contributed by atoms with Gasteiger partial charge in [0.25, 0.3) is 0 Å². The van der Waals surface area contributed by atoms with Crippen molar-refractivity contribution in [3.8, 4) is 0 Å². The Kier molecular flexibility index (Phi) is 6.34. The molecule has 0 atom stereocenters. The van der Waals surface area contributed by atoms with Gasteiger partial charge in [-0.05, 0) is 37.5 Å². The van der Waals surface area contributed by atoms with Crippen molar-refractivity contribution in [2.75, 3.05) is 0 Å². The Morgan fingerprint density at radius 1 is 1.42 bits per heavy atom. The summed E-state index contributed by atoms with van der Waals surface area (Å²) in [5, 5.41) is 0. The molecular weight excluding hydrogens is 261 g/mol. The molecule has 0 aromatic carbocycles. The van der Waals surface area contributed by atoms with Crippen molar-refractivity contribution in [2.45, 2.75) is 33.1 Å². The third kappa shape index (κ3) is 4.04. The van der Waals surface area contributed by atoms with Gasteiger partial charge in [-0.25, -0.2) is 0 Å². The van der Waals surface area contributed by atoms with E-state index in [2.05, 4.69) is 24.9 Å². The Bertz CT molecular complexity index is 223. The molecule has 1 aromatic rings. The van der Waals surface area contributed by atoms with E-state index in [9.17, 15) is 0 Å². The SMILES string of the molecule is CCCCc1cc(C)ccn1.I. The van der Waals surface area contributed by atoms with E-state index in [1.807, 2.05) is 12.3 Å². The molecule has 0 aliphatic rings.